The van der Waals surface area contributed by atoms with Gasteiger partial charge in [-0.1, -0.05) is 18.2 Å². The van der Waals surface area contributed by atoms with E-state index in [1.54, 1.807) is 0 Å². The van der Waals surface area contributed by atoms with Crippen LogP contribution in [0.15, 0.2) is 30.6 Å². The highest BCUT2D eigenvalue weighted by Gasteiger charge is 2.21. The van der Waals surface area contributed by atoms with Crippen LogP contribution in [0.4, 0.5) is 0 Å². The van der Waals surface area contributed by atoms with E-state index in [-0.39, 0.29) is 0 Å². The number of nitrogens with one attached hydrogen (secondary N) is 1. The number of para-hydroxylation sites is 1. The molecule has 1 N–H and O–H groups in total. The SMILES string of the molecule is CNCc1ncn(CC2CCOc3ccccc32)n1. The molecule has 1 aliphatic rings. The molecule has 0 saturated heterocycles. The van der Waals surface area contributed by atoms with Crippen LogP contribution >= 0.6 is 0 Å². The van der Waals surface area contributed by atoms with E-state index >= 15 is 0 Å². The third kappa shape index (κ3) is 2.61. The van der Waals surface area contributed by atoms with E-state index < -0.39 is 0 Å². The van der Waals surface area contributed by atoms with E-state index in [2.05, 4.69) is 27.5 Å². The van der Waals surface area contributed by atoms with Crippen molar-refractivity contribution in [3.8, 4) is 5.75 Å². The second-order valence-electron chi connectivity index (χ2n) is 4.79. The van der Waals surface area contributed by atoms with Crippen LogP contribution in [0.25, 0.3) is 0 Å². The first-order valence-corrected chi connectivity index (χ1v) is 6.61. The van der Waals surface area contributed by atoms with Crippen LogP contribution in [-0.4, -0.2) is 28.4 Å². The first-order chi connectivity index (χ1) is 9.36. The minimum atomic E-state index is 0.453. The Morgan fingerprint density at radius 2 is 2.32 bits per heavy atom. The van der Waals surface area contributed by atoms with Crippen LogP contribution in [0, 0.1) is 0 Å². The molecule has 0 fully saturated rings. The fourth-order valence-corrected chi connectivity index (χ4v) is 2.49. The van der Waals surface area contributed by atoms with Crippen LogP contribution in [-0.2, 0) is 13.1 Å². The fraction of sp³-hybridized carbons (Fsp3) is 0.429. The van der Waals surface area contributed by atoms with Gasteiger partial charge in [-0.25, -0.2) is 4.98 Å². The number of fused-ring (bicyclic) bond motifs is 1. The molecule has 5 nitrogen and oxygen atoms in total. The number of ether oxygens (including phenoxy) is 1. The number of hydrogen-bond acceptors (Lipinski definition) is 4. The summed E-state index contributed by atoms with van der Waals surface area (Å²) in [6, 6.07) is 8.26. The number of aromatic nitrogens is 3. The van der Waals surface area contributed by atoms with Gasteiger partial charge in [0.25, 0.3) is 0 Å². The average molecular weight is 258 g/mol. The van der Waals surface area contributed by atoms with Crippen LogP contribution in [0.3, 0.4) is 0 Å². The average Bonchev–Trinajstić information content (AvgIpc) is 2.87. The number of benzene rings is 1. The lowest BCUT2D eigenvalue weighted by atomic mass is 9.93. The van der Waals surface area contributed by atoms with Crippen LogP contribution in [0.1, 0.15) is 23.7 Å². The zero-order chi connectivity index (χ0) is 13.1. The van der Waals surface area contributed by atoms with Crippen molar-refractivity contribution in [2.75, 3.05) is 13.7 Å². The molecule has 2 heterocycles. The summed E-state index contributed by atoms with van der Waals surface area (Å²) in [5.41, 5.74) is 1.28. The molecule has 0 amide bonds. The van der Waals surface area contributed by atoms with Gasteiger partial charge >= 0.3 is 0 Å². The van der Waals surface area contributed by atoms with Gasteiger partial charge in [-0.05, 0) is 25.1 Å². The van der Waals surface area contributed by atoms with Crippen molar-refractivity contribution in [3.05, 3.63) is 42.0 Å². The van der Waals surface area contributed by atoms with Crippen LogP contribution in [0.5, 0.6) is 5.75 Å². The van der Waals surface area contributed by atoms with Crippen molar-refractivity contribution in [1.29, 1.82) is 0 Å². The van der Waals surface area contributed by atoms with E-state index in [1.165, 1.54) is 5.56 Å². The maximum Gasteiger partial charge on any atom is 0.164 e. The third-order valence-electron chi connectivity index (χ3n) is 3.41. The van der Waals surface area contributed by atoms with Gasteiger partial charge in [0.15, 0.2) is 5.82 Å². The molecular weight excluding hydrogens is 240 g/mol. The first-order valence-electron chi connectivity index (χ1n) is 6.61. The van der Waals surface area contributed by atoms with Crippen molar-refractivity contribution in [2.45, 2.75) is 25.4 Å². The maximum absolute atomic E-state index is 5.68. The lowest BCUT2D eigenvalue weighted by Crippen LogP contribution is -2.19. The second kappa shape index (κ2) is 5.40. The predicted molar refractivity (Wildman–Crippen MR) is 72.1 cm³/mol. The van der Waals surface area contributed by atoms with Gasteiger partial charge in [-0.15, -0.1) is 0 Å². The molecule has 3 rings (SSSR count). The van der Waals surface area contributed by atoms with Crippen molar-refractivity contribution >= 4 is 0 Å². The molecule has 0 bridgehead atoms. The van der Waals surface area contributed by atoms with E-state index in [4.69, 9.17) is 4.74 Å². The summed E-state index contributed by atoms with van der Waals surface area (Å²) in [6.45, 7) is 2.34. The Hall–Kier alpha value is -1.88. The molecule has 100 valence electrons. The normalized spacial score (nSPS) is 17.8. The van der Waals surface area contributed by atoms with Crippen LogP contribution in [0.2, 0.25) is 0 Å². The Morgan fingerprint density at radius 3 is 3.21 bits per heavy atom. The lowest BCUT2D eigenvalue weighted by molar-refractivity contribution is 0.256. The Morgan fingerprint density at radius 1 is 1.42 bits per heavy atom. The maximum atomic E-state index is 5.68. The van der Waals surface area contributed by atoms with Gasteiger partial charge in [-0.3, -0.25) is 4.68 Å². The summed E-state index contributed by atoms with van der Waals surface area (Å²) in [5, 5.41) is 7.53. The molecule has 5 heteroatoms. The van der Waals surface area contributed by atoms with E-state index in [9.17, 15) is 0 Å². The van der Waals surface area contributed by atoms with Crippen molar-refractivity contribution in [3.63, 3.8) is 0 Å². The topological polar surface area (TPSA) is 52.0 Å². The molecule has 2 aromatic rings. The molecule has 0 saturated carbocycles. The summed E-state index contributed by atoms with van der Waals surface area (Å²) >= 11 is 0. The Bertz CT molecular complexity index is 552. The minimum Gasteiger partial charge on any atom is -0.493 e. The molecule has 1 unspecified atom stereocenters. The molecule has 19 heavy (non-hydrogen) atoms. The van der Waals surface area contributed by atoms with Gasteiger partial charge in [0.2, 0.25) is 0 Å². The third-order valence-corrected chi connectivity index (χ3v) is 3.41. The molecular formula is C14H18N4O. The van der Waals surface area contributed by atoms with Crippen molar-refractivity contribution in [1.82, 2.24) is 20.1 Å². The minimum absolute atomic E-state index is 0.453. The summed E-state index contributed by atoms with van der Waals surface area (Å²) in [7, 11) is 1.90. The number of nitrogens with zero attached hydrogens (tertiary/aromatic N) is 3. The zero-order valence-electron chi connectivity index (χ0n) is 11.0. The van der Waals surface area contributed by atoms with Crippen molar-refractivity contribution in [2.24, 2.45) is 0 Å². The van der Waals surface area contributed by atoms with Crippen LogP contribution < -0.4 is 10.1 Å². The fourth-order valence-electron chi connectivity index (χ4n) is 2.49. The zero-order valence-corrected chi connectivity index (χ0v) is 11.0. The molecule has 1 aromatic carbocycles. The molecule has 0 aliphatic carbocycles. The van der Waals surface area contributed by atoms with Gasteiger partial charge in [0, 0.05) is 12.5 Å². The first kappa shape index (κ1) is 12.2. The summed E-state index contributed by atoms with van der Waals surface area (Å²) in [6.07, 6.45) is 2.84. The molecule has 1 aromatic heterocycles. The smallest absolute Gasteiger partial charge is 0.164 e. The standard InChI is InChI=1S/C14H18N4O/c1-15-8-14-16-10-18(17-14)9-11-6-7-19-13-5-3-2-4-12(11)13/h2-5,10-11,15H,6-9H2,1H3. The van der Waals surface area contributed by atoms with Gasteiger partial charge < -0.3 is 10.1 Å². The summed E-state index contributed by atoms with van der Waals surface area (Å²) in [5.74, 6) is 2.30. The van der Waals surface area contributed by atoms with Gasteiger partial charge in [0.05, 0.1) is 13.2 Å². The van der Waals surface area contributed by atoms with E-state index in [1.807, 2.05) is 30.2 Å². The highest BCUT2D eigenvalue weighted by atomic mass is 16.5. The Balaban J connectivity index is 1.76. The van der Waals surface area contributed by atoms with E-state index in [0.717, 1.165) is 31.1 Å². The summed E-state index contributed by atoms with van der Waals surface area (Å²) < 4.78 is 7.61. The molecule has 1 aliphatic heterocycles. The molecule has 1 atom stereocenters. The quantitative estimate of drug-likeness (QED) is 0.904. The van der Waals surface area contributed by atoms with Crippen molar-refractivity contribution < 1.29 is 4.74 Å². The Labute approximate surface area is 112 Å². The van der Waals surface area contributed by atoms with Gasteiger partial charge in [0.1, 0.15) is 12.1 Å². The van der Waals surface area contributed by atoms with Gasteiger partial charge in [-0.2, -0.15) is 5.10 Å². The Kier molecular flexibility index (Phi) is 3.46. The summed E-state index contributed by atoms with van der Waals surface area (Å²) in [4.78, 5) is 4.29. The van der Waals surface area contributed by atoms with E-state index in [0.29, 0.717) is 12.5 Å². The lowest BCUT2D eigenvalue weighted by Gasteiger charge is -2.25. The second-order valence-corrected chi connectivity index (χ2v) is 4.79. The number of rotatable bonds is 4. The molecule has 0 radical (unpaired) electrons. The largest absolute Gasteiger partial charge is 0.493 e. The molecule has 0 spiro atoms. The highest BCUT2D eigenvalue weighted by molar-refractivity contribution is 5.37. The predicted octanol–water partition coefficient (Wildman–Crippen LogP) is 1.56. The monoisotopic (exact) mass is 258 g/mol. The number of hydrogen-bond donors (Lipinski definition) is 1. The highest BCUT2D eigenvalue weighted by Crippen LogP contribution is 2.34.